The monoisotopic (exact) mass is 358 g/mol. The van der Waals surface area contributed by atoms with Crippen molar-refractivity contribution in [3.8, 4) is 11.5 Å². The van der Waals surface area contributed by atoms with E-state index in [2.05, 4.69) is 24.9 Å². The van der Waals surface area contributed by atoms with E-state index in [0.717, 1.165) is 29.6 Å². The molecule has 2 unspecified atom stereocenters. The fourth-order valence-corrected chi connectivity index (χ4v) is 3.17. The van der Waals surface area contributed by atoms with E-state index in [1.807, 2.05) is 30.5 Å². The topological polar surface area (TPSA) is 84.2 Å². The van der Waals surface area contributed by atoms with Gasteiger partial charge in [0.25, 0.3) is 0 Å². The van der Waals surface area contributed by atoms with Crippen LogP contribution < -0.4 is 26.3 Å². The fourth-order valence-electron chi connectivity index (χ4n) is 3.17. The largest absolute Gasteiger partial charge is 0.496 e. The molecular formula is C21H32N3O2+. The molecule has 3 rings (SSSR count). The van der Waals surface area contributed by atoms with Crippen LogP contribution in [0.5, 0.6) is 11.5 Å². The molecule has 0 bridgehead atoms. The Morgan fingerprint density at radius 1 is 1.42 bits per heavy atom. The zero-order valence-electron chi connectivity index (χ0n) is 16.2. The van der Waals surface area contributed by atoms with Gasteiger partial charge in [-0.1, -0.05) is 13.8 Å². The molecule has 2 aliphatic carbocycles. The van der Waals surface area contributed by atoms with Crippen LogP contribution in [0.3, 0.4) is 0 Å². The smallest absolute Gasteiger partial charge is 0.127 e. The highest BCUT2D eigenvalue weighted by Crippen LogP contribution is 2.51. The molecule has 0 amide bonds. The first-order chi connectivity index (χ1) is 12.4. The molecule has 2 saturated carbocycles. The Morgan fingerprint density at radius 2 is 2.15 bits per heavy atom. The first-order valence-corrected chi connectivity index (χ1v) is 9.46. The molecule has 6 N–H and O–H groups in total. The van der Waals surface area contributed by atoms with Crippen LogP contribution in [0, 0.1) is 17.3 Å². The Balaban J connectivity index is 1.58. The molecule has 5 nitrogen and oxygen atoms in total. The fraction of sp³-hybridized carbons (Fsp3) is 0.524. The van der Waals surface area contributed by atoms with Crippen molar-refractivity contribution in [3.63, 3.8) is 0 Å². The number of quaternary nitrogens is 1. The van der Waals surface area contributed by atoms with Crippen molar-refractivity contribution < 1.29 is 15.2 Å². The number of ether oxygens (including phenoxy) is 2. The standard InChI is InChI=1S/C21H31N3O2/c1-14-8-16(14)13-26-18-5-4-15(19(10-18)25-3)12-24-20(23)9-17(11-22)21(2)6-7-21/h4-5,9-11,14,16,24H,6-8,12-13,22-23H2,1-3H3/p+1. The van der Waals surface area contributed by atoms with Crippen LogP contribution in [0.15, 0.2) is 41.9 Å². The van der Waals surface area contributed by atoms with Crippen LogP contribution in [0.25, 0.3) is 0 Å². The van der Waals surface area contributed by atoms with Crippen LogP contribution in [0.1, 0.15) is 38.7 Å². The van der Waals surface area contributed by atoms with Crippen molar-refractivity contribution in [3.05, 3.63) is 47.4 Å². The number of hydrogen-bond acceptors (Lipinski definition) is 4. The second-order valence-corrected chi connectivity index (χ2v) is 7.93. The van der Waals surface area contributed by atoms with Gasteiger partial charge in [0.2, 0.25) is 0 Å². The lowest BCUT2D eigenvalue weighted by Gasteiger charge is -2.14. The van der Waals surface area contributed by atoms with E-state index in [9.17, 15) is 0 Å². The van der Waals surface area contributed by atoms with Gasteiger partial charge in [-0.25, -0.2) is 0 Å². The van der Waals surface area contributed by atoms with Gasteiger partial charge in [0, 0.05) is 23.7 Å². The van der Waals surface area contributed by atoms with Crippen LogP contribution >= 0.6 is 0 Å². The Morgan fingerprint density at radius 3 is 2.73 bits per heavy atom. The number of methoxy groups -OCH3 is 1. The number of nitrogens with two attached hydrogens (primary N) is 1. The van der Waals surface area contributed by atoms with Gasteiger partial charge in [-0.3, -0.25) is 0 Å². The first kappa shape index (κ1) is 18.6. The minimum Gasteiger partial charge on any atom is -0.496 e. The van der Waals surface area contributed by atoms with Gasteiger partial charge in [0.1, 0.15) is 11.5 Å². The third-order valence-electron chi connectivity index (χ3n) is 5.71. The molecule has 2 aliphatic rings. The Bertz CT molecular complexity index is 707. The second kappa shape index (κ2) is 7.62. The summed E-state index contributed by atoms with van der Waals surface area (Å²) in [7, 11) is 1.68. The molecule has 1 aromatic carbocycles. The molecule has 2 atom stereocenters. The average molecular weight is 359 g/mol. The number of nitrogens with one attached hydrogen (secondary N) is 1. The SMILES string of the molecule is COc1cc(OCC2CC2C)ccc1CNC(N)=CC(=C[NH3+])C1(C)CC1. The number of hydrogen-bond donors (Lipinski definition) is 3. The van der Waals surface area contributed by atoms with Crippen molar-refractivity contribution in [2.24, 2.45) is 23.0 Å². The molecule has 0 aliphatic heterocycles. The summed E-state index contributed by atoms with van der Waals surface area (Å²) in [6, 6.07) is 5.99. The lowest BCUT2D eigenvalue weighted by atomic mass is 9.99. The summed E-state index contributed by atoms with van der Waals surface area (Å²) in [4.78, 5) is 0. The molecule has 0 radical (unpaired) electrons. The molecule has 0 saturated heterocycles. The maximum Gasteiger partial charge on any atom is 0.127 e. The number of allylic oxidation sites excluding steroid dienone is 2. The van der Waals surface area contributed by atoms with Crippen molar-refractivity contribution in [1.82, 2.24) is 5.32 Å². The molecule has 0 aromatic heterocycles. The minimum atomic E-state index is 0.254. The Hall–Kier alpha value is -2.14. The van der Waals surface area contributed by atoms with Crippen molar-refractivity contribution in [1.29, 1.82) is 0 Å². The summed E-state index contributed by atoms with van der Waals surface area (Å²) in [5.41, 5.74) is 12.6. The lowest BCUT2D eigenvalue weighted by molar-refractivity contribution is -0.276. The summed E-state index contributed by atoms with van der Waals surface area (Å²) in [5.74, 6) is 3.82. The third-order valence-corrected chi connectivity index (χ3v) is 5.71. The average Bonchev–Trinajstić information content (AvgIpc) is 3.55. The summed E-state index contributed by atoms with van der Waals surface area (Å²) < 4.78 is 11.4. The van der Waals surface area contributed by atoms with Crippen molar-refractivity contribution in [2.45, 2.75) is 39.7 Å². The van der Waals surface area contributed by atoms with E-state index in [4.69, 9.17) is 15.2 Å². The molecular weight excluding hydrogens is 326 g/mol. The van der Waals surface area contributed by atoms with E-state index >= 15 is 0 Å². The molecule has 142 valence electrons. The summed E-state index contributed by atoms with van der Waals surface area (Å²) >= 11 is 0. The maximum atomic E-state index is 6.16. The normalized spacial score (nSPS) is 24.2. The zero-order valence-corrected chi connectivity index (χ0v) is 16.2. The van der Waals surface area contributed by atoms with Gasteiger partial charge in [-0.15, -0.1) is 0 Å². The van der Waals surface area contributed by atoms with E-state index in [-0.39, 0.29) is 5.41 Å². The van der Waals surface area contributed by atoms with Gasteiger partial charge in [0.15, 0.2) is 0 Å². The van der Waals surface area contributed by atoms with Crippen LogP contribution in [-0.4, -0.2) is 13.7 Å². The van der Waals surface area contributed by atoms with E-state index in [0.29, 0.717) is 18.3 Å². The van der Waals surface area contributed by atoms with Crippen LogP contribution in [0.2, 0.25) is 0 Å². The molecule has 5 heteroatoms. The number of benzene rings is 1. The van der Waals surface area contributed by atoms with Crippen LogP contribution in [0.4, 0.5) is 0 Å². The van der Waals surface area contributed by atoms with E-state index in [1.165, 1.54) is 24.8 Å². The van der Waals surface area contributed by atoms with Crippen molar-refractivity contribution in [2.75, 3.05) is 13.7 Å². The highest BCUT2D eigenvalue weighted by Gasteiger charge is 2.40. The Kier molecular flexibility index (Phi) is 5.47. The van der Waals surface area contributed by atoms with Gasteiger partial charge in [0.05, 0.1) is 25.7 Å². The highest BCUT2D eigenvalue weighted by molar-refractivity contribution is 5.41. The number of rotatable bonds is 9. The zero-order chi connectivity index (χ0) is 18.7. The van der Waals surface area contributed by atoms with Gasteiger partial charge >= 0.3 is 0 Å². The molecule has 26 heavy (non-hydrogen) atoms. The predicted molar refractivity (Wildman–Crippen MR) is 103 cm³/mol. The molecule has 0 heterocycles. The van der Waals surface area contributed by atoms with Gasteiger partial charge < -0.3 is 26.3 Å². The van der Waals surface area contributed by atoms with Crippen molar-refractivity contribution >= 4 is 0 Å². The molecule has 0 spiro atoms. The third kappa shape index (κ3) is 4.52. The second-order valence-electron chi connectivity index (χ2n) is 7.93. The molecule has 2 fully saturated rings. The van der Waals surface area contributed by atoms with Gasteiger partial charge in [-0.05, 0) is 54.7 Å². The minimum absolute atomic E-state index is 0.254. The molecule has 1 aromatic rings. The highest BCUT2D eigenvalue weighted by atomic mass is 16.5. The lowest BCUT2D eigenvalue weighted by Crippen LogP contribution is -2.40. The maximum absolute atomic E-state index is 6.16. The van der Waals surface area contributed by atoms with Gasteiger partial charge in [-0.2, -0.15) is 0 Å². The summed E-state index contributed by atoms with van der Waals surface area (Å²) in [5, 5.41) is 3.27. The van der Waals surface area contributed by atoms with E-state index < -0.39 is 0 Å². The first-order valence-electron chi connectivity index (χ1n) is 9.46. The van der Waals surface area contributed by atoms with E-state index in [1.54, 1.807) is 7.11 Å². The predicted octanol–water partition coefficient (Wildman–Crippen LogP) is 2.55. The quantitative estimate of drug-likeness (QED) is 0.592. The summed E-state index contributed by atoms with van der Waals surface area (Å²) in [6.45, 7) is 5.90. The Labute approximate surface area is 156 Å². The summed E-state index contributed by atoms with van der Waals surface area (Å²) in [6.07, 6.45) is 7.59. The van der Waals surface area contributed by atoms with Crippen LogP contribution in [-0.2, 0) is 6.54 Å².